The summed E-state index contributed by atoms with van der Waals surface area (Å²) in [7, 11) is 0. The van der Waals surface area contributed by atoms with Crippen LogP contribution in [-0.4, -0.2) is 313 Å². The van der Waals surface area contributed by atoms with E-state index in [1.807, 2.05) is 0 Å². The third-order valence-electron chi connectivity index (χ3n) is 18.7. The van der Waals surface area contributed by atoms with Gasteiger partial charge in [0.05, 0.1) is 63.2 Å². The summed E-state index contributed by atoms with van der Waals surface area (Å²) in [4.78, 5) is 96.6. The summed E-state index contributed by atoms with van der Waals surface area (Å²) in [5.41, 5.74) is 13.2. The number of fused-ring (bicyclic) bond motifs is 2. The Morgan fingerprint density at radius 1 is 0.637 bits per heavy atom. The van der Waals surface area contributed by atoms with Crippen molar-refractivity contribution in [1.82, 2.24) is 42.1 Å². The lowest BCUT2D eigenvalue weighted by Gasteiger charge is -2.48. The fraction of sp³-hybridized carbons (Fsp3) is 0.581. The molecule has 39 nitrogen and oxygen atoms in total. The molecule has 0 radical (unpaired) electrons. The minimum atomic E-state index is -2.35. The first-order valence-electron chi connectivity index (χ1n) is 32.4. The third-order valence-corrected chi connectivity index (χ3v) is 19.1. The van der Waals surface area contributed by atoms with E-state index in [4.69, 9.17) is 65.7 Å². The lowest BCUT2D eigenvalue weighted by molar-refractivity contribution is -0.383. The molecule has 11 rings (SSSR count). The average molecular weight is 1460 g/mol. The van der Waals surface area contributed by atoms with Gasteiger partial charge in [0.15, 0.2) is 42.2 Å². The van der Waals surface area contributed by atoms with Crippen molar-refractivity contribution in [1.29, 1.82) is 0 Å². The van der Waals surface area contributed by atoms with Gasteiger partial charge in [0, 0.05) is 24.0 Å². The number of ether oxygens (including phenoxy) is 9. The fourth-order valence-corrected chi connectivity index (χ4v) is 13.2. The van der Waals surface area contributed by atoms with E-state index >= 15 is 9.59 Å². The molecule has 40 heteroatoms. The standard InChI is InChI=1S/C62H81ClN12O27/c1-22(24-5-3-2-4-6-24)38-54(91)69-28(11-23-7-9-25(10-8-23)97-59-48(87)45(84)50(35(19-78)99-59)102-60-49(88)46(85)51-36(100-60)20-94-58(101-51)26-12-32-33(13-27(26)63)96-21-95-32)53(90)73-39(41(80)29-14-67-61(64)71-29)56(93)74-40(55(92)70-30(17-76)52(89)66-16-37(79)72-38)42(81)31-15-68-62(65)75(31)57-47(86)44(83)43(82)34(18-77)98-57/h2-10,12-13,22,28-31,34-36,38-51,57-60,76-78,80-88H,11,14-21H2,1H3,(H2,65,68)(H,66,89)(H,69,91)(H,70,92)(H,72,79)(H,73,90)(H,74,93)(H3,64,67,71). The number of hydrogen-bond acceptors (Lipinski definition) is 33. The van der Waals surface area contributed by atoms with Crippen molar-refractivity contribution < 1.29 is 133 Å². The van der Waals surface area contributed by atoms with Crippen LogP contribution in [0, 0.1) is 0 Å². The van der Waals surface area contributed by atoms with Crippen LogP contribution in [-0.2, 0) is 63.6 Å². The highest BCUT2D eigenvalue weighted by molar-refractivity contribution is 6.31. The quantitative estimate of drug-likeness (QED) is 0.0597. The predicted octanol–water partition coefficient (Wildman–Crippen LogP) is -10.5. The minimum absolute atomic E-state index is 0.0332. The molecule has 3 aromatic carbocycles. The molecule has 0 bridgehead atoms. The number of guanidine groups is 2. The Kier molecular flexibility index (Phi) is 23.8. The van der Waals surface area contributed by atoms with Crippen LogP contribution < -0.4 is 62.9 Å². The zero-order valence-corrected chi connectivity index (χ0v) is 54.8. The van der Waals surface area contributed by atoms with E-state index in [9.17, 15) is 80.5 Å². The highest BCUT2D eigenvalue weighted by atomic mass is 35.5. The molecular weight excluding hydrogens is 1380 g/mol. The number of hydrogen-bond donors (Lipinski definition) is 21. The van der Waals surface area contributed by atoms with Crippen LogP contribution in [0.2, 0.25) is 5.02 Å². The van der Waals surface area contributed by atoms with Gasteiger partial charge in [0.2, 0.25) is 48.5 Å². The molecule has 0 saturated carbocycles. The molecule has 5 saturated heterocycles. The lowest BCUT2D eigenvalue weighted by atomic mass is 9.92. The zero-order valence-electron chi connectivity index (χ0n) is 54.1. The summed E-state index contributed by atoms with van der Waals surface area (Å²) in [6.45, 7) is -3.39. The number of aliphatic imine (C=N–C) groups is 2. The zero-order chi connectivity index (χ0) is 73.1. The first-order valence-corrected chi connectivity index (χ1v) is 32.8. The molecule has 8 aliphatic rings. The summed E-state index contributed by atoms with van der Waals surface area (Å²) in [6.07, 6.45) is -31.5. The lowest BCUT2D eigenvalue weighted by Crippen LogP contribution is -2.70. The van der Waals surface area contributed by atoms with Gasteiger partial charge in [-0.1, -0.05) is 61.0 Å². The highest BCUT2D eigenvalue weighted by Gasteiger charge is 2.56. The first-order chi connectivity index (χ1) is 48.8. The molecule has 8 heterocycles. The molecule has 3 aromatic rings. The fourth-order valence-electron chi connectivity index (χ4n) is 13.0. The van der Waals surface area contributed by atoms with Crippen molar-refractivity contribution in [3.63, 3.8) is 0 Å². The van der Waals surface area contributed by atoms with Gasteiger partial charge in [0.25, 0.3) is 0 Å². The first kappa shape index (κ1) is 75.2. The summed E-state index contributed by atoms with van der Waals surface area (Å²) >= 11 is 6.49. The van der Waals surface area contributed by atoms with E-state index in [2.05, 4.69) is 47.2 Å². The van der Waals surface area contributed by atoms with E-state index in [-0.39, 0.29) is 42.2 Å². The van der Waals surface area contributed by atoms with Crippen molar-refractivity contribution in [3.8, 4) is 17.2 Å². The van der Waals surface area contributed by atoms with E-state index in [0.717, 1.165) is 4.90 Å². The molecule has 5 fully saturated rings. The molecule has 8 aliphatic heterocycles. The molecule has 0 spiro atoms. The van der Waals surface area contributed by atoms with E-state index < -0.39 is 239 Å². The number of benzene rings is 3. The van der Waals surface area contributed by atoms with Crippen molar-refractivity contribution >= 4 is 59.0 Å². The molecule has 6 amide bonds. The normalized spacial score (nSPS) is 36.5. The number of rotatable bonds is 17. The van der Waals surface area contributed by atoms with Gasteiger partial charge in [-0.15, -0.1) is 0 Å². The number of halogens is 1. The summed E-state index contributed by atoms with van der Waals surface area (Å²) < 4.78 is 52.2. The Morgan fingerprint density at radius 2 is 1.29 bits per heavy atom. The smallest absolute Gasteiger partial charge is 0.246 e. The maximum absolute atomic E-state index is 15.2. The number of nitrogens with zero attached hydrogens (tertiary/aromatic N) is 3. The molecule has 102 heavy (non-hydrogen) atoms. The van der Waals surface area contributed by atoms with Gasteiger partial charge in [-0.3, -0.25) is 38.8 Å². The Morgan fingerprint density at radius 3 is 1.98 bits per heavy atom. The van der Waals surface area contributed by atoms with Gasteiger partial charge in [-0.25, -0.2) is 0 Å². The Hall–Kier alpha value is -8.01. The van der Waals surface area contributed by atoms with Crippen LogP contribution in [0.4, 0.5) is 0 Å². The van der Waals surface area contributed by atoms with Gasteiger partial charge < -0.3 is 157 Å². The summed E-state index contributed by atoms with van der Waals surface area (Å²) in [5.74, 6) is -8.21. The average Bonchev–Trinajstić information content (AvgIpc) is 1.18. The number of nitrogens with one attached hydrogen (secondary N) is 7. The van der Waals surface area contributed by atoms with Gasteiger partial charge in [-0.2, -0.15) is 0 Å². The third kappa shape index (κ3) is 16.0. The second-order valence-electron chi connectivity index (χ2n) is 25.4. The Bertz CT molecular complexity index is 3560. The van der Waals surface area contributed by atoms with Crippen LogP contribution in [0.5, 0.6) is 17.2 Å². The van der Waals surface area contributed by atoms with Gasteiger partial charge in [-0.05, 0) is 29.3 Å². The maximum atomic E-state index is 15.2. The van der Waals surface area contributed by atoms with Crippen molar-refractivity contribution in [2.24, 2.45) is 21.5 Å². The second kappa shape index (κ2) is 32.3. The second-order valence-corrected chi connectivity index (χ2v) is 25.8. The molecule has 0 aliphatic carbocycles. The van der Waals surface area contributed by atoms with Crippen LogP contribution in [0.3, 0.4) is 0 Å². The van der Waals surface area contributed by atoms with Gasteiger partial charge in [0.1, 0.15) is 121 Å². The van der Waals surface area contributed by atoms with Crippen LogP contribution >= 0.6 is 11.6 Å². The Labute approximate surface area is 583 Å². The number of nitrogens with two attached hydrogens (primary N) is 2. The molecular formula is C62H81ClN12O27. The SMILES string of the molecule is CC(c1ccccc1)C1NC(=O)CNC(=O)C(CO)NC(=O)C(C(O)C2CN=C(N)N2C2OC(CO)C(O)C(O)C2O)NC(=O)C(C(O)C2CN=C(N)N2)NC(=O)C(Cc2ccc(OC3OC(CO)C(OC4OC5COC(c6cc7c(cc6Cl)OCO7)OC5C(O)C4O)C(O)C3O)cc2)NC1=O. The van der Waals surface area contributed by atoms with Crippen LogP contribution in [0.15, 0.2) is 76.7 Å². The highest BCUT2D eigenvalue weighted by Crippen LogP contribution is 2.43. The van der Waals surface area contributed by atoms with E-state index in [0.29, 0.717) is 22.6 Å². The van der Waals surface area contributed by atoms with Gasteiger partial charge >= 0.3 is 0 Å². The van der Waals surface area contributed by atoms with Crippen LogP contribution in [0.1, 0.15) is 35.8 Å². The van der Waals surface area contributed by atoms with Crippen LogP contribution in [0.25, 0.3) is 0 Å². The number of aliphatic hydroxyl groups is 12. The molecule has 558 valence electrons. The van der Waals surface area contributed by atoms with E-state index in [1.165, 1.54) is 30.3 Å². The number of aliphatic hydroxyl groups excluding tert-OH is 12. The molecule has 26 atom stereocenters. The van der Waals surface area contributed by atoms with E-state index in [1.54, 1.807) is 43.3 Å². The molecule has 0 aromatic heterocycles. The number of carbonyl (C=O) groups excluding carboxylic acids is 6. The summed E-state index contributed by atoms with van der Waals surface area (Å²) in [6, 6.07) is 3.96. The number of carbonyl (C=O) groups is 6. The largest absolute Gasteiger partial charge is 0.462 e. The number of amides is 6. The van der Waals surface area contributed by atoms with Crippen molar-refractivity contribution in [2.45, 2.75) is 172 Å². The predicted molar refractivity (Wildman–Crippen MR) is 341 cm³/mol. The monoisotopic (exact) mass is 1460 g/mol. The molecule has 26 unspecified atom stereocenters. The van der Waals surface area contributed by atoms with Crippen molar-refractivity contribution in [3.05, 3.63) is 88.4 Å². The Balaban J connectivity index is 0.837. The maximum Gasteiger partial charge on any atom is 0.246 e. The minimum Gasteiger partial charge on any atom is -0.462 e. The summed E-state index contributed by atoms with van der Waals surface area (Å²) in [5, 5.41) is 151. The van der Waals surface area contributed by atoms with Crippen molar-refractivity contribution in [2.75, 3.05) is 52.9 Å². The molecule has 23 N–H and O–H groups in total. The topological polar surface area (TPSA) is 592 Å².